The van der Waals surface area contributed by atoms with Gasteiger partial charge in [0.05, 0.1) is 17.5 Å². The standard InChI is InChI=1S/C17H16F2N6O/c1-24-8-10(7-21-24)14-11(3-2-5-20-14)17(26)25-6-4-13-12(9-25)15(16(18)19)23-22-13/h2-3,5,7-8,16H,4,6,9H2,1H3,(H,22,23). The number of nitrogens with one attached hydrogen (secondary N) is 1. The van der Waals surface area contributed by atoms with Crippen LogP contribution in [0.2, 0.25) is 0 Å². The molecule has 0 radical (unpaired) electrons. The molecule has 7 nitrogen and oxygen atoms in total. The number of amides is 1. The average Bonchev–Trinajstić information content (AvgIpc) is 3.26. The maximum absolute atomic E-state index is 13.1. The van der Waals surface area contributed by atoms with Crippen LogP contribution in [0, 0.1) is 0 Å². The van der Waals surface area contributed by atoms with Gasteiger partial charge >= 0.3 is 0 Å². The van der Waals surface area contributed by atoms with E-state index in [1.54, 1.807) is 47.4 Å². The van der Waals surface area contributed by atoms with E-state index in [2.05, 4.69) is 20.3 Å². The number of aromatic amines is 1. The first-order valence-electron chi connectivity index (χ1n) is 8.12. The summed E-state index contributed by atoms with van der Waals surface area (Å²) in [6, 6.07) is 3.38. The van der Waals surface area contributed by atoms with Gasteiger partial charge in [0.2, 0.25) is 0 Å². The van der Waals surface area contributed by atoms with Crippen molar-refractivity contribution in [1.82, 2.24) is 29.9 Å². The van der Waals surface area contributed by atoms with Gasteiger partial charge < -0.3 is 4.90 Å². The normalized spacial score (nSPS) is 13.9. The van der Waals surface area contributed by atoms with E-state index in [0.717, 1.165) is 5.56 Å². The summed E-state index contributed by atoms with van der Waals surface area (Å²) in [6.07, 6.45) is 2.81. The van der Waals surface area contributed by atoms with Crippen molar-refractivity contribution in [2.75, 3.05) is 6.54 Å². The molecule has 26 heavy (non-hydrogen) atoms. The summed E-state index contributed by atoms with van der Waals surface area (Å²) in [6.45, 7) is 0.532. The SMILES string of the molecule is Cn1cc(-c2ncccc2C(=O)N2CCc3[nH]nc(C(F)F)c3C2)cn1. The summed E-state index contributed by atoms with van der Waals surface area (Å²) in [7, 11) is 1.78. The molecule has 0 aliphatic carbocycles. The molecule has 0 unspecified atom stereocenters. The van der Waals surface area contributed by atoms with Crippen LogP contribution in [0.25, 0.3) is 11.3 Å². The number of carbonyl (C=O) groups excluding carboxylic acids is 1. The lowest BCUT2D eigenvalue weighted by Gasteiger charge is -2.27. The Morgan fingerprint density at radius 3 is 2.96 bits per heavy atom. The summed E-state index contributed by atoms with van der Waals surface area (Å²) in [5, 5.41) is 10.5. The van der Waals surface area contributed by atoms with Crippen LogP contribution in [0.4, 0.5) is 8.78 Å². The molecule has 1 amide bonds. The van der Waals surface area contributed by atoms with Crippen molar-refractivity contribution in [3.8, 4) is 11.3 Å². The summed E-state index contributed by atoms with van der Waals surface area (Å²) in [4.78, 5) is 18.9. The van der Waals surface area contributed by atoms with Crippen LogP contribution in [0.3, 0.4) is 0 Å². The highest BCUT2D eigenvalue weighted by molar-refractivity contribution is 5.99. The molecule has 3 aromatic heterocycles. The first-order chi connectivity index (χ1) is 12.5. The molecular weight excluding hydrogens is 342 g/mol. The minimum absolute atomic E-state index is 0.103. The summed E-state index contributed by atoms with van der Waals surface area (Å²) >= 11 is 0. The minimum Gasteiger partial charge on any atom is -0.334 e. The Labute approximate surface area is 147 Å². The van der Waals surface area contributed by atoms with Crippen molar-refractivity contribution >= 4 is 5.91 Å². The van der Waals surface area contributed by atoms with E-state index in [1.165, 1.54) is 0 Å². The maximum Gasteiger partial charge on any atom is 0.282 e. The number of aromatic nitrogens is 5. The highest BCUT2D eigenvalue weighted by Gasteiger charge is 2.30. The van der Waals surface area contributed by atoms with Gasteiger partial charge in [0.1, 0.15) is 5.69 Å². The summed E-state index contributed by atoms with van der Waals surface area (Å²) in [5.74, 6) is -0.246. The quantitative estimate of drug-likeness (QED) is 0.779. The molecule has 1 aliphatic heterocycles. The summed E-state index contributed by atoms with van der Waals surface area (Å²) < 4.78 is 27.9. The van der Waals surface area contributed by atoms with Gasteiger partial charge in [-0.05, 0) is 12.1 Å². The van der Waals surface area contributed by atoms with Crippen molar-refractivity contribution in [2.24, 2.45) is 7.05 Å². The fraction of sp³-hybridized carbons (Fsp3) is 0.294. The van der Waals surface area contributed by atoms with Crippen LogP contribution in [0.15, 0.2) is 30.7 Å². The zero-order valence-electron chi connectivity index (χ0n) is 14.0. The molecule has 3 aromatic rings. The molecule has 0 saturated carbocycles. The molecule has 0 saturated heterocycles. The van der Waals surface area contributed by atoms with Gasteiger partial charge in [0.25, 0.3) is 12.3 Å². The molecule has 4 rings (SSSR count). The van der Waals surface area contributed by atoms with Crippen molar-refractivity contribution < 1.29 is 13.6 Å². The zero-order valence-corrected chi connectivity index (χ0v) is 14.0. The summed E-state index contributed by atoms with van der Waals surface area (Å²) in [5.41, 5.74) is 2.47. The third-order valence-corrected chi connectivity index (χ3v) is 4.48. The first-order valence-corrected chi connectivity index (χ1v) is 8.12. The Morgan fingerprint density at radius 2 is 2.23 bits per heavy atom. The maximum atomic E-state index is 13.1. The van der Waals surface area contributed by atoms with E-state index in [0.29, 0.717) is 35.5 Å². The minimum atomic E-state index is -2.67. The number of hydrogen-bond donors (Lipinski definition) is 1. The number of hydrogen-bond acceptors (Lipinski definition) is 4. The van der Waals surface area contributed by atoms with Crippen molar-refractivity contribution in [3.05, 3.63) is 53.2 Å². The largest absolute Gasteiger partial charge is 0.334 e. The molecule has 1 aliphatic rings. The van der Waals surface area contributed by atoms with Crippen LogP contribution in [0.5, 0.6) is 0 Å². The van der Waals surface area contributed by atoms with E-state index in [-0.39, 0.29) is 18.1 Å². The Bertz CT molecular complexity index is 964. The Kier molecular flexibility index (Phi) is 3.98. The molecular formula is C17H16F2N6O. The van der Waals surface area contributed by atoms with E-state index in [9.17, 15) is 13.6 Å². The van der Waals surface area contributed by atoms with Crippen molar-refractivity contribution in [2.45, 2.75) is 19.4 Å². The molecule has 0 atom stereocenters. The van der Waals surface area contributed by atoms with Gasteiger partial charge in [-0.1, -0.05) is 0 Å². The number of alkyl halides is 2. The van der Waals surface area contributed by atoms with Crippen LogP contribution in [-0.4, -0.2) is 42.3 Å². The number of halogens is 2. The lowest BCUT2D eigenvalue weighted by molar-refractivity contribution is 0.0729. The number of fused-ring (bicyclic) bond motifs is 1. The fourth-order valence-electron chi connectivity index (χ4n) is 3.19. The van der Waals surface area contributed by atoms with E-state index >= 15 is 0 Å². The number of rotatable bonds is 3. The monoisotopic (exact) mass is 358 g/mol. The molecule has 134 valence electrons. The van der Waals surface area contributed by atoms with Gasteiger partial charge in [-0.25, -0.2) is 8.78 Å². The fourth-order valence-corrected chi connectivity index (χ4v) is 3.19. The Balaban J connectivity index is 1.66. The number of aryl methyl sites for hydroxylation is 1. The lowest BCUT2D eigenvalue weighted by Crippen LogP contribution is -2.36. The number of nitrogens with zero attached hydrogens (tertiary/aromatic N) is 5. The molecule has 1 N–H and O–H groups in total. The van der Waals surface area contributed by atoms with E-state index in [1.807, 2.05) is 0 Å². The van der Waals surface area contributed by atoms with Crippen LogP contribution in [-0.2, 0) is 20.0 Å². The highest BCUT2D eigenvalue weighted by atomic mass is 19.3. The van der Waals surface area contributed by atoms with E-state index in [4.69, 9.17) is 0 Å². The molecule has 0 fully saturated rings. The Hall–Kier alpha value is -3.10. The first kappa shape index (κ1) is 16.4. The molecule has 0 spiro atoms. The third-order valence-electron chi connectivity index (χ3n) is 4.48. The second kappa shape index (κ2) is 6.32. The average molecular weight is 358 g/mol. The number of H-pyrrole nitrogens is 1. The van der Waals surface area contributed by atoms with Crippen LogP contribution >= 0.6 is 0 Å². The molecule has 4 heterocycles. The predicted octanol–water partition coefficient (Wildman–Crippen LogP) is 2.34. The predicted molar refractivity (Wildman–Crippen MR) is 88.4 cm³/mol. The van der Waals surface area contributed by atoms with Gasteiger partial charge in [0, 0.05) is 55.8 Å². The van der Waals surface area contributed by atoms with Gasteiger partial charge in [-0.3, -0.25) is 19.6 Å². The number of carbonyl (C=O) groups is 1. The van der Waals surface area contributed by atoms with Gasteiger partial charge in [0.15, 0.2) is 0 Å². The zero-order chi connectivity index (χ0) is 18.3. The molecule has 9 heteroatoms. The van der Waals surface area contributed by atoms with Crippen LogP contribution in [0.1, 0.15) is 33.7 Å². The third kappa shape index (κ3) is 2.75. The second-order valence-electron chi connectivity index (χ2n) is 6.15. The highest BCUT2D eigenvalue weighted by Crippen LogP contribution is 2.29. The smallest absolute Gasteiger partial charge is 0.282 e. The Morgan fingerprint density at radius 1 is 1.38 bits per heavy atom. The molecule has 0 bridgehead atoms. The number of pyridine rings is 1. The van der Waals surface area contributed by atoms with E-state index < -0.39 is 6.43 Å². The lowest BCUT2D eigenvalue weighted by atomic mass is 10.0. The molecule has 0 aromatic carbocycles. The van der Waals surface area contributed by atoms with Crippen molar-refractivity contribution in [1.29, 1.82) is 0 Å². The van der Waals surface area contributed by atoms with Gasteiger partial charge in [-0.15, -0.1) is 0 Å². The second-order valence-corrected chi connectivity index (χ2v) is 6.15. The van der Waals surface area contributed by atoms with Crippen molar-refractivity contribution in [3.63, 3.8) is 0 Å². The topological polar surface area (TPSA) is 79.7 Å². The van der Waals surface area contributed by atoms with Gasteiger partial charge in [-0.2, -0.15) is 10.2 Å². The van der Waals surface area contributed by atoms with Crippen LogP contribution < -0.4 is 0 Å².